The van der Waals surface area contributed by atoms with Crippen LogP contribution in [0.5, 0.6) is 0 Å². The number of hydrogen-bond acceptors (Lipinski definition) is 1. The molecule has 84 valence electrons. The van der Waals surface area contributed by atoms with Crippen LogP contribution < -0.4 is 5.56 Å². The van der Waals surface area contributed by atoms with Crippen LogP contribution in [0.15, 0.2) is 35.1 Å². The van der Waals surface area contributed by atoms with Crippen molar-refractivity contribution in [1.82, 2.24) is 4.98 Å². The molecular formula is C14H17NO. The number of fused-ring (bicyclic) bond motifs is 1. The Labute approximate surface area is 95.3 Å². The predicted molar refractivity (Wildman–Crippen MR) is 67.8 cm³/mol. The third-order valence-electron chi connectivity index (χ3n) is 2.90. The van der Waals surface area contributed by atoms with Gasteiger partial charge in [-0.25, -0.2) is 0 Å². The molecule has 1 N–H and O–H groups in total. The summed E-state index contributed by atoms with van der Waals surface area (Å²) in [6.07, 6.45) is 4.70. The number of H-pyrrole nitrogens is 1. The molecule has 0 fully saturated rings. The molecule has 1 aromatic heterocycles. The zero-order chi connectivity index (χ0) is 11.4. The number of benzene rings is 1. The van der Waals surface area contributed by atoms with Gasteiger partial charge in [-0.3, -0.25) is 4.79 Å². The van der Waals surface area contributed by atoms with Crippen molar-refractivity contribution in [3.63, 3.8) is 0 Å². The highest BCUT2D eigenvalue weighted by Gasteiger charge is 2.01. The van der Waals surface area contributed by atoms with Crippen molar-refractivity contribution in [2.45, 2.75) is 32.6 Å². The molecule has 1 aromatic carbocycles. The minimum Gasteiger partial charge on any atom is -0.322 e. The van der Waals surface area contributed by atoms with Gasteiger partial charge in [-0.2, -0.15) is 0 Å². The molecule has 1 heterocycles. The quantitative estimate of drug-likeness (QED) is 0.780. The summed E-state index contributed by atoms with van der Waals surface area (Å²) in [5.41, 5.74) is 2.24. The second-order valence-electron chi connectivity index (χ2n) is 4.16. The van der Waals surface area contributed by atoms with E-state index in [1.54, 1.807) is 6.07 Å². The minimum absolute atomic E-state index is 0.0181. The number of rotatable bonds is 4. The first-order valence-corrected chi connectivity index (χ1v) is 5.92. The second-order valence-corrected chi connectivity index (χ2v) is 4.16. The molecule has 0 amide bonds. The van der Waals surface area contributed by atoms with Crippen molar-refractivity contribution in [2.75, 3.05) is 0 Å². The number of para-hydroxylation sites is 1. The molecular weight excluding hydrogens is 198 g/mol. The Morgan fingerprint density at radius 2 is 2.00 bits per heavy atom. The molecule has 0 aliphatic heterocycles. The van der Waals surface area contributed by atoms with Gasteiger partial charge in [0.2, 0.25) is 5.56 Å². The average Bonchev–Trinajstić information content (AvgIpc) is 2.30. The van der Waals surface area contributed by atoms with E-state index in [1.165, 1.54) is 24.8 Å². The Kier molecular flexibility index (Phi) is 3.40. The van der Waals surface area contributed by atoms with E-state index in [9.17, 15) is 4.79 Å². The lowest BCUT2D eigenvalue weighted by Crippen LogP contribution is -2.04. The lowest BCUT2D eigenvalue weighted by Gasteiger charge is -2.05. The maximum atomic E-state index is 11.3. The van der Waals surface area contributed by atoms with E-state index in [0.717, 1.165) is 17.3 Å². The normalized spacial score (nSPS) is 10.8. The van der Waals surface area contributed by atoms with Crippen LogP contribution >= 0.6 is 0 Å². The molecule has 0 aliphatic rings. The Morgan fingerprint density at radius 3 is 2.81 bits per heavy atom. The minimum atomic E-state index is -0.0181. The van der Waals surface area contributed by atoms with Gasteiger partial charge in [0, 0.05) is 6.07 Å². The van der Waals surface area contributed by atoms with Gasteiger partial charge in [-0.15, -0.1) is 0 Å². The smallest absolute Gasteiger partial charge is 0.248 e. The third-order valence-corrected chi connectivity index (χ3v) is 2.90. The molecule has 2 heteroatoms. The van der Waals surface area contributed by atoms with E-state index in [4.69, 9.17) is 0 Å². The molecule has 0 radical (unpaired) electrons. The van der Waals surface area contributed by atoms with Crippen molar-refractivity contribution in [2.24, 2.45) is 0 Å². The third kappa shape index (κ3) is 2.32. The van der Waals surface area contributed by atoms with Gasteiger partial charge in [0.15, 0.2) is 0 Å². The number of aryl methyl sites for hydroxylation is 1. The highest BCUT2D eigenvalue weighted by atomic mass is 16.1. The monoisotopic (exact) mass is 215 g/mol. The number of aromatic amines is 1. The number of hydrogen-bond donors (Lipinski definition) is 1. The number of pyridine rings is 1. The van der Waals surface area contributed by atoms with E-state index < -0.39 is 0 Å². The molecule has 0 saturated carbocycles. The summed E-state index contributed by atoms with van der Waals surface area (Å²) in [5, 5.41) is 1.12. The zero-order valence-corrected chi connectivity index (χ0v) is 9.62. The van der Waals surface area contributed by atoms with Gasteiger partial charge in [0.05, 0.1) is 5.52 Å². The molecule has 2 nitrogen and oxygen atoms in total. The molecule has 0 aliphatic carbocycles. The lowest BCUT2D eigenvalue weighted by atomic mass is 10.0. The fourth-order valence-corrected chi connectivity index (χ4v) is 2.02. The molecule has 16 heavy (non-hydrogen) atoms. The lowest BCUT2D eigenvalue weighted by molar-refractivity contribution is 0.719. The predicted octanol–water partition coefficient (Wildman–Crippen LogP) is 3.26. The summed E-state index contributed by atoms with van der Waals surface area (Å²) in [5.74, 6) is 0. The first-order valence-electron chi connectivity index (χ1n) is 5.92. The van der Waals surface area contributed by atoms with Crippen LogP contribution in [-0.2, 0) is 6.42 Å². The molecule has 0 saturated heterocycles. The van der Waals surface area contributed by atoms with E-state index in [0.29, 0.717) is 0 Å². The van der Waals surface area contributed by atoms with Crippen molar-refractivity contribution in [3.05, 3.63) is 46.2 Å². The molecule has 0 bridgehead atoms. The number of unbranched alkanes of at least 4 members (excludes halogenated alkanes) is 2. The van der Waals surface area contributed by atoms with Crippen LogP contribution in [0.1, 0.15) is 31.7 Å². The Hall–Kier alpha value is -1.57. The standard InChI is InChI=1S/C14H17NO/c1-2-3-4-6-11-7-5-8-12-9-10-13(16)15-14(11)12/h5,7-10H,2-4,6H2,1H3,(H,15,16). The van der Waals surface area contributed by atoms with Crippen LogP contribution in [0.25, 0.3) is 10.9 Å². The molecule has 2 aromatic rings. The van der Waals surface area contributed by atoms with E-state index in [2.05, 4.69) is 24.0 Å². The van der Waals surface area contributed by atoms with E-state index in [-0.39, 0.29) is 5.56 Å². The van der Waals surface area contributed by atoms with Crippen molar-refractivity contribution in [3.8, 4) is 0 Å². The van der Waals surface area contributed by atoms with Crippen LogP contribution in [0, 0.1) is 0 Å². The van der Waals surface area contributed by atoms with E-state index in [1.807, 2.05) is 12.1 Å². The van der Waals surface area contributed by atoms with Crippen LogP contribution in [0.4, 0.5) is 0 Å². The molecule has 0 unspecified atom stereocenters. The average molecular weight is 215 g/mol. The summed E-state index contributed by atoms with van der Waals surface area (Å²) in [6, 6.07) is 9.67. The van der Waals surface area contributed by atoms with Crippen LogP contribution in [0.3, 0.4) is 0 Å². The Balaban J connectivity index is 2.36. The largest absolute Gasteiger partial charge is 0.322 e. The van der Waals surface area contributed by atoms with Crippen molar-refractivity contribution >= 4 is 10.9 Å². The van der Waals surface area contributed by atoms with Gasteiger partial charge in [-0.05, 0) is 29.9 Å². The molecule has 0 atom stereocenters. The van der Waals surface area contributed by atoms with Gasteiger partial charge < -0.3 is 4.98 Å². The fraction of sp³-hybridized carbons (Fsp3) is 0.357. The summed E-state index contributed by atoms with van der Waals surface area (Å²) in [7, 11) is 0. The van der Waals surface area contributed by atoms with Gasteiger partial charge in [0.1, 0.15) is 0 Å². The summed E-state index contributed by atoms with van der Waals surface area (Å²) >= 11 is 0. The van der Waals surface area contributed by atoms with E-state index >= 15 is 0 Å². The van der Waals surface area contributed by atoms with Crippen LogP contribution in [0.2, 0.25) is 0 Å². The van der Waals surface area contributed by atoms with Gasteiger partial charge in [0.25, 0.3) is 0 Å². The zero-order valence-electron chi connectivity index (χ0n) is 9.62. The Morgan fingerprint density at radius 1 is 1.12 bits per heavy atom. The SMILES string of the molecule is CCCCCc1cccc2ccc(=O)[nH]c12. The summed E-state index contributed by atoms with van der Waals surface area (Å²) in [6.45, 7) is 2.20. The van der Waals surface area contributed by atoms with Crippen molar-refractivity contribution in [1.29, 1.82) is 0 Å². The highest BCUT2D eigenvalue weighted by Crippen LogP contribution is 2.17. The highest BCUT2D eigenvalue weighted by molar-refractivity contribution is 5.81. The maximum absolute atomic E-state index is 11.3. The maximum Gasteiger partial charge on any atom is 0.248 e. The number of nitrogens with one attached hydrogen (secondary N) is 1. The van der Waals surface area contributed by atoms with Gasteiger partial charge >= 0.3 is 0 Å². The number of aromatic nitrogens is 1. The fourth-order valence-electron chi connectivity index (χ4n) is 2.02. The first kappa shape index (κ1) is 10.9. The topological polar surface area (TPSA) is 32.9 Å². The molecule has 0 spiro atoms. The van der Waals surface area contributed by atoms with Crippen molar-refractivity contribution < 1.29 is 0 Å². The first-order chi connectivity index (χ1) is 7.81. The van der Waals surface area contributed by atoms with Crippen LogP contribution in [-0.4, -0.2) is 4.98 Å². The second kappa shape index (κ2) is 4.97. The molecule has 2 rings (SSSR count). The Bertz CT molecular complexity index is 527. The summed E-state index contributed by atoms with van der Waals surface area (Å²) < 4.78 is 0. The summed E-state index contributed by atoms with van der Waals surface area (Å²) in [4.78, 5) is 14.2. The van der Waals surface area contributed by atoms with Gasteiger partial charge in [-0.1, -0.05) is 38.0 Å².